The van der Waals surface area contributed by atoms with Crippen molar-refractivity contribution >= 4 is 11.9 Å². The van der Waals surface area contributed by atoms with Crippen molar-refractivity contribution in [1.29, 1.82) is 0 Å². The number of likely N-dealkylation sites (tertiary alicyclic amines) is 1. The molecule has 1 unspecified atom stereocenters. The maximum absolute atomic E-state index is 12.9. The molecule has 2 fully saturated rings. The number of nitrogens with zero attached hydrogens (tertiary/aromatic N) is 6. The van der Waals surface area contributed by atoms with Crippen molar-refractivity contribution in [3.05, 3.63) is 35.9 Å². The molecule has 2 aromatic heterocycles. The molecule has 2 aliphatic rings. The summed E-state index contributed by atoms with van der Waals surface area (Å²) >= 11 is 0. The quantitative estimate of drug-likeness (QED) is 0.855. The highest BCUT2D eigenvalue weighted by atomic mass is 16.2. The predicted octanol–water partition coefficient (Wildman–Crippen LogP) is 1.50. The predicted molar refractivity (Wildman–Crippen MR) is 89.9 cm³/mol. The van der Waals surface area contributed by atoms with E-state index in [1.807, 2.05) is 30.9 Å². The van der Waals surface area contributed by atoms with Gasteiger partial charge in [0.25, 0.3) is 5.91 Å². The highest BCUT2D eigenvalue weighted by Crippen LogP contribution is 2.41. The van der Waals surface area contributed by atoms with Gasteiger partial charge in [-0.15, -0.1) is 0 Å². The molecule has 0 radical (unpaired) electrons. The van der Waals surface area contributed by atoms with Crippen LogP contribution in [0.15, 0.2) is 24.5 Å². The molecule has 0 aromatic carbocycles. The zero-order valence-electron chi connectivity index (χ0n) is 14.1. The van der Waals surface area contributed by atoms with Crippen LogP contribution >= 0.6 is 0 Å². The number of rotatable bonds is 3. The Hall–Kier alpha value is -2.44. The molecule has 0 saturated carbocycles. The number of amides is 1. The third-order valence-electron chi connectivity index (χ3n) is 5.21. The average Bonchev–Trinajstić information content (AvgIpc) is 3.19. The number of hydrogen-bond donors (Lipinski definition) is 0. The molecule has 2 aliphatic heterocycles. The molecule has 4 heterocycles. The lowest BCUT2D eigenvalue weighted by molar-refractivity contribution is 0.0763. The van der Waals surface area contributed by atoms with E-state index in [9.17, 15) is 4.79 Å². The molecule has 1 amide bonds. The number of carbonyl (C=O) groups is 1. The highest BCUT2D eigenvalue weighted by Gasteiger charge is 2.51. The van der Waals surface area contributed by atoms with Crippen LogP contribution in [0.2, 0.25) is 0 Å². The van der Waals surface area contributed by atoms with Crippen LogP contribution in [-0.4, -0.2) is 55.7 Å². The Morgan fingerprint density at radius 1 is 1.25 bits per heavy atom. The molecule has 2 aromatic rings. The van der Waals surface area contributed by atoms with Gasteiger partial charge < -0.3 is 9.80 Å². The number of carbonyl (C=O) groups excluding carboxylic acids is 1. The SMILES string of the molecule is CCn1nc(C)cc1C(=O)N1CCC2(CCN2c2ncccn2)C1. The summed E-state index contributed by atoms with van der Waals surface area (Å²) in [4.78, 5) is 25.9. The molecular weight excluding hydrogens is 304 g/mol. The van der Waals surface area contributed by atoms with Gasteiger partial charge in [-0.25, -0.2) is 9.97 Å². The summed E-state index contributed by atoms with van der Waals surface area (Å²) in [5.41, 5.74) is 1.58. The largest absolute Gasteiger partial charge is 0.335 e. The Balaban J connectivity index is 1.53. The van der Waals surface area contributed by atoms with Crippen LogP contribution in [-0.2, 0) is 6.54 Å². The topological polar surface area (TPSA) is 67.2 Å². The number of anilines is 1. The summed E-state index contributed by atoms with van der Waals surface area (Å²) in [5, 5.41) is 4.39. The van der Waals surface area contributed by atoms with Crippen LogP contribution in [0.25, 0.3) is 0 Å². The van der Waals surface area contributed by atoms with Crippen LogP contribution in [0.5, 0.6) is 0 Å². The van der Waals surface area contributed by atoms with Gasteiger partial charge in [-0.2, -0.15) is 5.10 Å². The van der Waals surface area contributed by atoms with E-state index in [1.165, 1.54) is 0 Å². The minimum Gasteiger partial charge on any atom is -0.335 e. The van der Waals surface area contributed by atoms with Gasteiger partial charge in [0.2, 0.25) is 5.95 Å². The zero-order valence-corrected chi connectivity index (χ0v) is 14.1. The molecule has 126 valence electrons. The first-order chi connectivity index (χ1) is 11.6. The van der Waals surface area contributed by atoms with Crippen molar-refractivity contribution in [2.45, 2.75) is 38.8 Å². The monoisotopic (exact) mass is 326 g/mol. The zero-order chi connectivity index (χ0) is 16.7. The molecule has 4 rings (SSSR count). The Morgan fingerprint density at radius 2 is 2.00 bits per heavy atom. The summed E-state index contributed by atoms with van der Waals surface area (Å²) in [5.74, 6) is 0.850. The van der Waals surface area contributed by atoms with E-state index in [1.54, 1.807) is 17.1 Å². The second-order valence-electron chi connectivity index (χ2n) is 6.64. The van der Waals surface area contributed by atoms with Gasteiger partial charge in [-0.3, -0.25) is 9.48 Å². The highest BCUT2D eigenvalue weighted by molar-refractivity contribution is 5.93. The van der Waals surface area contributed by atoms with Crippen molar-refractivity contribution in [2.24, 2.45) is 0 Å². The number of aromatic nitrogens is 4. The van der Waals surface area contributed by atoms with Crippen molar-refractivity contribution in [3.63, 3.8) is 0 Å². The smallest absolute Gasteiger partial charge is 0.272 e. The fourth-order valence-electron chi connectivity index (χ4n) is 3.86. The lowest BCUT2D eigenvalue weighted by Gasteiger charge is -2.50. The molecule has 0 N–H and O–H groups in total. The molecule has 2 saturated heterocycles. The van der Waals surface area contributed by atoms with E-state index in [-0.39, 0.29) is 11.4 Å². The maximum atomic E-state index is 12.9. The van der Waals surface area contributed by atoms with Gasteiger partial charge in [0.15, 0.2) is 0 Å². The Morgan fingerprint density at radius 3 is 2.67 bits per heavy atom. The molecule has 1 spiro atoms. The molecule has 1 atom stereocenters. The van der Waals surface area contributed by atoms with E-state index < -0.39 is 0 Å². The van der Waals surface area contributed by atoms with Gasteiger partial charge in [0, 0.05) is 38.6 Å². The van der Waals surface area contributed by atoms with Crippen molar-refractivity contribution in [1.82, 2.24) is 24.6 Å². The van der Waals surface area contributed by atoms with Crippen LogP contribution < -0.4 is 4.90 Å². The van der Waals surface area contributed by atoms with Crippen molar-refractivity contribution in [2.75, 3.05) is 24.5 Å². The third-order valence-corrected chi connectivity index (χ3v) is 5.21. The first-order valence-corrected chi connectivity index (χ1v) is 8.51. The Labute approximate surface area is 141 Å². The molecule has 0 aliphatic carbocycles. The second kappa shape index (κ2) is 5.58. The minimum absolute atomic E-state index is 0.00310. The average molecular weight is 326 g/mol. The van der Waals surface area contributed by atoms with Crippen LogP contribution in [0.3, 0.4) is 0 Å². The van der Waals surface area contributed by atoms with Crippen molar-refractivity contribution < 1.29 is 4.79 Å². The van der Waals surface area contributed by atoms with Crippen LogP contribution in [0.4, 0.5) is 5.95 Å². The van der Waals surface area contributed by atoms with Crippen LogP contribution in [0.1, 0.15) is 35.9 Å². The summed E-state index contributed by atoms with van der Waals surface area (Å²) in [6.45, 7) is 7.11. The minimum atomic E-state index is 0.00310. The molecule has 7 heteroatoms. The summed E-state index contributed by atoms with van der Waals surface area (Å²) in [6.07, 6.45) is 5.60. The fraction of sp³-hybridized carbons (Fsp3) is 0.529. The van der Waals surface area contributed by atoms with Gasteiger partial charge in [-0.05, 0) is 38.8 Å². The Kier molecular flexibility index (Phi) is 3.51. The molecule has 0 bridgehead atoms. The van der Waals surface area contributed by atoms with E-state index in [0.29, 0.717) is 12.2 Å². The van der Waals surface area contributed by atoms with E-state index in [0.717, 1.165) is 44.1 Å². The number of hydrogen-bond acceptors (Lipinski definition) is 5. The summed E-state index contributed by atoms with van der Waals surface area (Å²) < 4.78 is 1.79. The van der Waals surface area contributed by atoms with Crippen LogP contribution in [0, 0.1) is 6.92 Å². The first-order valence-electron chi connectivity index (χ1n) is 8.51. The standard InChI is InChI=1S/C17H22N6O/c1-3-23-14(11-13(2)20-23)15(24)21-9-5-17(12-21)6-10-22(17)16-18-7-4-8-19-16/h4,7-8,11H,3,5-6,9-10,12H2,1-2H3. The lowest BCUT2D eigenvalue weighted by Crippen LogP contribution is -2.62. The summed E-state index contributed by atoms with van der Waals surface area (Å²) in [7, 11) is 0. The summed E-state index contributed by atoms with van der Waals surface area (Å²) in [6, 6.07) is 3.71. The molecule has 24 heavy (non-hydrogen) atoms. The third kappa shape index (κ3) is 2.26. The lowest BCUT2D eigenvalue weighted by atomic mass is 9.84. The van der Waals surface area contributed by atoms with E-state index >= 15 is 0 Å². The van der Waals surface area contributed by atoms with Gasteiger partial charge >= 0.3 is 0 Å². The Bertz CT molecular complexity index is 758. The second-order valence-corrected chi connectivity index (χ2v) is 6.64. The first kappa shape index (κ1) is 15.1. The van der Waals surface area contributed by atoms with Gasteiger partial charge in [0.05, 0.1) is 11.2 Å². The van der Waals surface area contributed by atoms with E-state index in [2.05, 4.69) is 20.0 Å². The molecule has 7 nitrogen and oxygen atoms in total. The number of aryl methyl sites for hydroxylation is 2. The van der Waals surface area contributed by atoms with E-state index in [4.69, 9.17) is 0 Å². The fourth-order valence-corrected chi connectivity index (χ4v) is 3.86. The van der Waals surface area contributed by atoms with Crippen molar-refractivity contribution in [3.8, 4) is 0 Å². The normalized spacial score (nSPS) is 22.9. The van der Waals surface area contributed by atoms with Gasteiger partial charge in [-0.1, -0.05) is 0 Å². The maximum Gasteiger partial charge on any atom is 0.272 e. The molecular formula is C17H22N6O. The van der Waals surface area contributed by atoms with Gasteiger partial charge in [0.1, 0.15) is 5.69 Å².